The molecule has 1 rings (SSSR count). The van der Waals surface area contributed by atoms with Crippen molar-refractivity contribution in [3.63, 3.8) is 0 Å². The molecule has 0 saturated heterocycles. The number of hydrogen-bond donors (Lipinski definition) is 3. The molecular weight excluding hydrogens is 218 g/mol. The highest BCUT2D eigenvalue weighted by atomic mass is 16.5. The van der Waals surface area contributed by atoms with Gasteiger partial charge in [-0.1, -0.05) is 0 Å². The Morgan fingerprint density at radius 2 is 1.94 bits per heavy atom. The van der Waals surface area contributed by atoms with E-state index in [-0.39, 0.29) is 6.61 Å². The Bertz CT molecular complexity index is 391. The van der Waals surface area contributed by atoms with E-state index in [9.17, 15) is 5.11 Å². The van der Waals surface area contributed by atoms with E-state index in [2.05, 4.69) is 5.32 Å². The molecule has 1 aromatic rings. The van der Waals surface area contributed by atoms with Gasteiger partial charge in [0.1, 0.15) is 5.75 Å². The zero-order valence-electron chi connectivity index (χ0n) is 10.9. The van der Waals surface area contributed by atoms with Crippen LogP contribution in [0.15, 0.2) is 6.07 Å². The minimum absolute atomic E-state index is 0.236. The molecule has 4 heteroatoms. The quantitative estimate of drug-likeness (QED) is 0.726. The van der Waals surface area contributed by atoms with Gasteiger partial charge in [-0.2, -0.15) is 0 Å². The lowest BCUT2D eigenvalue weighted by molar-refractivity contribution is 0.105. The van der Waals surface area contributed by atoms with Gasteiger partial charge in [0.2, 0.25) is 0 Å². The molecule has 0 aliphatic rings. The van der Waals surface area contributed by atoms with Crippen molar-refractivity contribution in [1.29, 1.82) is 0 Å². The van der Waals surface area contributed by atoms with E-state index in [4.69, 9.17) is 9.84 Å². The predicted molar refractivity (Wildman–Crippen MR) is 68.8 cm³/mol. The number of benzene rings is 1. The van der Waals surface area contributed by atoms with Crippen LogP contribution in [0.2, 0.25) is 0 Å². The lowest BCUT2D eigenvalue weighted by Crippen LogP contribution is -2.23. The molecule has 0 aliphatic carbocycles. The molecule has 0 aliphatic heterocycles. The Balaban J connectivity index is 2.94. The van der Waals surface area contributed by atoms with E-state index in [0.29, 0.717) is 6.54 Å². The smallest absolute Gasteiger partial charge is 0.125 e. The average Bonchev–Trinajstić information content (AvgIpc) is 2.32. The summed E-state index contributed by atoms with van der Waals surface area (Å²) in [5, 5.41) is 21.2. The van der Waals surface area contributed by atoms with Crippen molar-refractivity contribution in [3.05, 3.63) is 22.8 Å². The Morgan fingerprint density at radius 1 is 1.29 bits per heavy atom. The molecule has 0 saturated carbocycles. The zero-order chi connectivity index (χ0) is 13.0. The first kappa shape index (κ1) is 13.8. The van der Waals surface area contributed by atoms with Gasteiger partial charge in [-0.05, 0) is 43.5 Å². The minimum Gasteiger partial charge on any atom is -0.496 e. The first-order chi connectivity index (χ1) is 8.01. The molecule has 4 nitrogen and oxygen atoms in total. The average molecular weight is 239 g/mol. The van der Waals surface area contributed by atoms with E-state index in [0.717, 1.165) is 28.1 Å². The Labute approximate surface area is 102 Å². The van der Waals surface area contributed by atoms with Gasteiger partial charge in [-0.15, -0.1) is 0 Å². The van der Waals surface area contributed by atoms with Crippen LogP contribution in [0, 0.1) is 20.8 Å². The number of aliphatic hydroxyl groups is 2. The second-order valence-corrected chi connectivity index (χ2v) is 4.24. The maximum Gasteiger partial charge on any atom is 0.125 e. The molecule has 96 valence electrons. The molecule has 1 unspecified atom stereocenters. The highest BCUT2D eigenvalue weighted by Crippen LogP contribution is 2.31. The molecular formula is C13H21NO3. The van der Waals surface area contributed by atoms with E-state index in [1.807, 2.05) is 26.8 Å². The summed E-state index contributed by atoms with van der Waals surface area (Å²) in [5.41, 5.74) is 4.20. The third kappa shape index (κ3) is 3.11. The van der Waals surface area contributed by atoms with Crippen molar-refractivity contribution >= 4 is 5.69 Å². The number of aliphatic hydroxyl groups excluding tert-OH is 2. The van der Waals surface area contributed by atoms with Crippen molar-refractivity contribution < 1.29 is 14.9 Å². The normalized spacial score (nSPS) is 12.4. The van der Waals surface area contributed by atoms with Crippen LogP contribution in [-0.4, -0.2) is 36.6 Å². The van der Waals surface area contributed by atoms with Crippen LogP contribution >= 0.6 is 0 Å². The predicted octanol–water partition coefficient (Wildman–Crippen LogP) is 1.39. The van der Waals surface area contributed by atoms with Gasteiger partial charge in [-0.25, -0.2) is 0 Å². The first-order valence-electron chi connectivity index (χ1n) is 5.68. The van der Waals surface area contributed by atoms with Crippen molar-refractivity contribution in [3.8, 4) is 5.75 Å². The topological polar surface area (TPSA) is 61.7 Å². The number of hydrogen-bond acceptors (Lipinski definition) is 4. The molecule has 0 bridgehead atoms. The number of methoxy groups -OCH3 is 1. The highest BCUT2D eigenvalue weighted by Gasteiger charge is 2.11. The number of anilines is 1. The second-order valence-electron chi connectivity index (χ2n) is 4.24. The fourth-order valence-corrected chi connectivity index (χ4v) is 1.85. The zero-order valence-corrected chi connectivity index (χ0v) is 10.9. The van der Waals surface area contributed by atoms with Gasteiger partial charge >= 0.3 is 0 Å². The van der Waals surface area contributed by atoms with Crippen LogP contribution in [0.25, 0.3) is 0 Å². The maximum atomic E-state index is 9.31. The molecule has 1 aromatic carbocycles. The molecule has 3 N–H and O–H groups in total. The van der Waals surface area contributed by atoms with Gasteiger partial charge in [0.05, 0.1) is 19.8 Å². The lowest BCUT2D eigenvalue weighted by Gasteiger charge is -2.18. The molecule has 0 radical (unpaired) electrons. The molecule has 0 amide bonds. The summed E-state index contributed by atoms with van der Waals surface area (Å²) < 4.78 is 5.34. The Hall–Kier alpha value is -1.26. The molecule has 0 heterocycles. The summed E-state index contributed by atoms with van der Waals surface area (Å²) in [6.07, 6.45) is -0.739. The van der Waals surface area contributed by atoms with Crippen molar-refractivity contribution in [1.82, 2.24) is 0 Å². The standard InChI is InChI=1S/C13H21NO3/c1-8-5-12(14-6-11(16)7-15)9(2)10(3)13(8)17-4/h5,11,14-16H,6-7H2,1-4H3. The van der Waals surface area contributed by atoms with Crippen LogP contribution in [0.5, 0.6) is 5.75 Å². The Morgan fingerprint density at radius 3 is 2.47 bits per heavy atom. The van der Waals surface area contributed by atoms with Gasteiger partial charge in [0, 0.05) is 12.2 Å². The maximum absolute atomic E-state index is 9.31. The third-order valence-electron chi connectivity index (χ3n) is 2.97. The molecule has 17 heavy (non-hydrogen) atoms. The van der Waals surface area contributed by atoms with Crippen LogP contribution in [0.4, 0.5) is 5.69 Å². The lowest BCUT2D eigenvalue weighted by atomic mass is 10.0. The monoisotopic (exact) mass is 239 g/mol. The van der Waals surface area contributed by atoms with Crippen molar-refractivity contribution in [2.75, 3.05) is 25.6 Å². The van der Waals surface area contributed by atoms with Gasteiger partial charge in [-0.3, -0.25) is 0 Å². The first-order valence-corrected chi connectivity index (χ1v) is 5.68. The Kier molecular flexibility index (Phi) is 4.78. The van der Waals surface area contributed by atoms with Crippen LogP contribution in [0.3, 0.4) is 0 Å². The number of nitrogens with one attached hydrogen (secondary N) is 1. The molecule has 1 atom stereocenters. The number of aryl methyl sites for hydroxylation is 1. The van der Waals surface area contributed by atoms with Crippen LogP contribution < -0.4 is 10.1 Å². The minimum atomic E-state index is -0.739. The fraction of sp³-hybridized carbons (Fsp3) is 0.538. The number of ether oxygens (including phenoxy) is 1. The van der Waals surface area contributed by atoms with Gasteiger partial charge in [0.25, 0.3) is 0 Å². The summed E-state index contributed by atoms with van der Waals surface area (Å²) in [7, 11) is 1.66. The fourth-order valence-electron chi connectivity index (χ4n) is 1.85. The summed E-state index contributed by atoms with van der Waals surface area (Å²) >= 11 is 0. The van der Waals surface area contributed by atoms with E-state index in [1.165, 1.54) is 0 Å². The summed E-state index contributed by atoms with van der Waals surface area (Å²) in [6.45, 7) is 6.10. The third-order valence-corrected chi connectivity index (χ3v) is 2.97. The largest absolute Gasteiger partial charge is 0.496 e. The summed E-state index contributed by atoms with van der Waals surface area (Å²) in [6, 6.07) is 1.99. The highest BCUT2D eigenvalue weighted by molar-refractivity contribution is 5.61. The van der Waals surface area contributed by atoms with Crippen LogP contribution in [-0.2, 0) is 0 Å². The summed E-state index contributed by atoms with van der Waals surface area (Å²) in [4.78, 5) is 0. The van der Waals surface area contributed by atoms with E-state index in [1.54, 1.807) is 7.11 Å². The van der Waals surface area contributed by atoms with E-state index < -0.39 is 6.10 Å². The second kappa shape index (κ2) is 5.89. The molecule has 0 aromatic heterocycles. The van der Waals surface area contributed by atoms with Crippen LogP contribution in [0.1, 0.15) is 16.7 Å². The van der Waals surface area contributed by atoms with Crippen molar-refractivity contribution in [2.24, 2.45) is 0 Å². The molecule has 0 fully saturated rings. The summed E-state index contributed by atoms with van der Waals surface area (Å²) in [5.74, 6) is 0.899. The SMILES string of the molecule is COc1c(C)cc(NCC(O)CO)c(C)c1C. The van der Waals surface area contributed by atoms with E-state index >= 15 is 0 Å². The van der Waals surface area contributed by atoms with Crippen molar-refractivity contribution in [2.45, 2.75) is 26.9 Å². The number of rotatable bonds is 5. The van der Waals surface area contributed by atoms with Gasteiger partial charge in [0.15, 0.2) is 0 Å². The van der Waals surface area contributed by atoms with Gasteiger partial charge < -0.3 is 20.3 Å². The molecule has 0 spiro atoms.